The molecule has 1 amide bonds. The van der Waals surface area contributed by atoms with E-state index in [0.717, 1.165) is 5.56 Å². The summed E-state index contributed by atoms with van der Waals surface area (Å²) < 4.78 is 23.2. The van der Waals surface area contributed by atoms with Gasteiger partial charge >= 0.3 is 0 Å². The van der Waals surface area contributed by atoms with Gasteiger partial charge in [0.25, 0.3) is 5.24 Å². The molecule has 1 aromatic carbocycles. The number of benzene rings is 1. The maximum Gasteiger partial charge on any atom is 0.282 e. The van der Waals surface area contributed by atoms with Gasteiger partial charge in [0.05, 0.1) is 17.5 Å². The first-order chi connectivity index (χ1) is 8.55. The van der Waals surface area contributed by atoms with Gasteiger partial charge in [-0.1, -0.05) is 42.1 Å². The van der Waals surface area contributed by atoms with E-state index < -0.39 is 9.84 Å². The summed E-state index contributed by atoms with van der Waals surface area (Å²) >= 11 is 1.17. The highest BCUT2D eigenvalue weighted by Gasteiger charge is 2.49. The van der Waals surface area contributed by atoms with Gasteiger partial charge in [0, 0.05) is 11.8 Å². The summed E-state index contributed by atoms with van der Waals surface area (Å²) in [6.45, 7) is 0.503. The molecular weight excluding hydrogens is 270 g/mol. The van der Waals surface area contributed by atoms with Gasteiger partial charge in [0.15, 0.2) is 9.84 Å². The van der Waals surface area contributed by atoms with Gasteiger partial charge in [-0.05, 0) is 5.56 Å². The fourth-order valence-electron chi connectivity index (χ4n) is 2.49. The molecule has 0 aromatic heterocycles. The molecular formula is C12H13NO3S2. The third kappa shape index (κ3) is 2.14. The highest BCUT2D eigenvalue weighted by atomic mass is 32.2. The Bertz CT molecular complexity index is 570. The first-order valence-corrected chi connectivity index (χ1v) is 8.47. The Hall–Kier alpha value is -1.01. The third-order valence-corrected chi connectivity index (χ3v) is 6.50. The molecule has 2 saturated heterocycles. The number of amides is 1. The van der Waals surface area contributed by atoms with Gasteiger partial charge < -0.3 is 4.90 Å². The van der Waals surface area contributed by atoms with Crippen LogP contribution in [0.15, 0.2) is 30.3 Å². The third-order valence-electron chi connectivity index (χ3n) is 3.35. The fourth-order valence-corrected chi connectivity index (χ4v) is 6.30. The zero-order valence-corrected chi connectivity index (χ0v) is 11.3. The average molecular weight is 283 g/mol. The van der Waals surface area contributed by atoms with Crippen LogP contribution in [0.4, 0.5) is 4.79 Å². The molecule has 2 aliphatic rings. The van der Waals surface area contributed by atoms with Crippen molar-refractivity contribution in [1.29, 1.82) is 0 Å². The highest BCUT2D eigenvalue weighted by molar-refractivity contribution is 8.15. The monoisotopic (exact) mass is 283 g/mol. The van der Waals surface area contributed by atoms with E-state index in [0.29, 0.717) is 6.54 Å². The molecule has 2 aliphatic heterocycles. The Morgan fingerprint density at radius 1 is 1.22 bits per heavy atom. The zero-order valence-electron chi connectivity index (χ0n) is 9.65. The Morgan fingerprint density at radius 3 is 2.67 bits per heavy atom. The van der Waals surface area contributed by atoms with Crippen molar-refractivity contribution in [2.24, 2.45) is 0 Å². The molecule has 0 unspecified atom stereocenters. The number of hydrogen-bond acceptors (Lipinski definition) is 4. The summed E-state index contributed by atoms with van der Waals surface area (Å²) in [5, 5.41) is -0.0741. The molecule has 18 heavy (non-hydrogen) atoms. The lowest BCUT2D eigenvalue weighted by atomic mass is 10.1. The van der Waals surface area contributed by atoms with Crippen molar-refractivity contribution in [2.45, 2.75) is 17.8 Å². The lowest BCUT2D eigenvalue weighted by Gasteiger charge is -2.22. The lowest BCUT2D eigenvalue weighted by Crippen LogP contribution is -2.36. The minimum absolute atomic E-state index is 0.00348. The van der Waals surface area contributed by atoms with Crippen molar-refractivity contribution >= 4 is 26.8 Å². The van der Waals surface area contributed by atoms with Crippen LogP contribution in [0.3, 0.4) is 0 Å². The van der Waals surface area contributed by atoms with Crippen molar-refractivity contribution in [3.63, 3.8) is 0 Å². The predicted octanol–water partition coefficient (Wildman–Crippen LogP) is 1.52. The number of rotatable bonds is 2. The molecule has 2 fully saturated rings. The number of thioether (sulfide) groups is 1. The number of fused-ring (bicyclic) bond motifs is 1. The minimum atomic E-state index is -2.97. The zero-order chi connectivity index (χ0) is 12.8. The van der Waals surface area contributed by atoms with E-state index >= 15 is 0 Å². The van der Waals surface area contributed by atoms with Crippen molar-refractivity contribution in [3.05, 3.63) is 35.9 Å². The van der Waals surface area contributed by atoms with Crippen molar-refractivity contribution < 1.29 is 13.2 Å². The van der Waals surface area contributed by atoms with E-state index in [4.69, 9.17) is 0 Å². The molecule has 0 N–H and O–H groups in total. The summed E-state index contributed by atoms with van der Waals surface area (Å²) in [5.74, 6) is 0.253. The molecule has 3 rings (SSSR count). The van der Waals surface area contributed by atoms with Crippen LogP contribution < -0.4 is 0 Å². The molecule has 4 nitrogen and oxygen atoms in total. The maximum absolute atomic E-state index is 11.9. The van der Waals surface area contributed by atoms with E-state index in [-0.39, 0.29) is 28.0 Å². The second-order valence-electron chi connectivity index (χ2n) is 4.68. The predicted molar refractivity (Wildman–Crippen MR) is 71.2 cm³/mol. The summed E-state index contributed by atoms with van der Waals surface area (Å²) in [7, 11) is -2.97. The smallest absolute Gasteiger partial charge is 0.282 e. The highest BCUT2D eigenvalue weighted by Crippen LogP contribution is 2.38. The van der Waals surface area contributed by atoms with Crippen LogP contribution in [0.2, 0.25) is 0 Å². The molecule has 2 atom stereocenters. The van der Waals surface area contributed by atoms with Crippen LogP contribution in [0.5, 0.6) is 0 Å². The van der Waals surface area contributed by atoms with Gasteiger partial charge in [-0.25, -0.2) is 8.42 Å². The van der Waals surface area contributed by atoms with E-state index in [2.05, 4.69) is 0 Å². The Morgan fingerprint density at radius 2 is 1.94 bits per heavy atom. The van der Waals surface area contributed by atoms with Crippen LogP contribution >= 0.6 is 11.8 Å². The summed E-state index contributed by atoms with van der Waals surface area (Å²) in [5.41, 5.74) is 1.04. The first kappa shape index (κ1) is 12.0. The summed E-state index contributed by atoms with van der Waals surface area (Å²) in [6, 6.07) is 9.53. The quantitative estimate of drug-likeness (QED) is 0.826. The minimum Gasteiger partial charge on any atom is -0.324 e. The Balaban J connectivity index is 1.82. The fraction of sp³-hybridized carbons (Fsp3) is 0.417. The van der Waals surface area contributed by atoms with E-state index in [1.165, 1.54) is 11.8 Å². The lowest BCUT2D eigenvalue weighted by molar-refractivity contribution is 0.210. The maximum atomic E-state index is 11.9. The molecule has 0 spiro atoms. The number of nitrogens with zero attached hydrogens (tertiary/aromatic N) is 1. The van der Waals surface area contributed by atoms with E-state index in [1.807, 2.05) is 30.3 Å². The number of hydrogen-bond donors (Lipinski definition) is 0. The standard InChI is InChI=1S/C12H13NO3S2/c14-12-13(6-9-4-2-1-3-5-9)10-7-18(15,16)8-11(10)17-12/h1-5,10-11H,6-8H2/t10-,11-/m1/s1. The van der Waals surface area contributed by atoms with Gasteiger partial charge in [-0.3, -0.25) is 4.79 Å². The van der Waals surface area contributed by atoms with Crippen molar-refractivity contribution in [3.8, 4) is 0 Å². The van der Waals surface area contributed by atoms with Crippen LogP contribution in [0.1, 0.15) is 5.56 Å². The van der Waals surface area contributed by atoms with Crippen LogP contribution in [-0.4, -0.2) is 41.4 Å². The largest absolute Gasteiger partial charge is 0.324 e. The molecule has 0 aliphatic carbocycles. The van der Waals surface area contributed by atoms with Crippen LogP contribution in [0.25, 0.3) is 0 Å². The summed E-state index contributed by atoms with van der Waals surface area (Å²) in [6.07, 6.45) is 0. The number of carbonyl (C=O) groups excluding carboxylic acids is 1. The average Bonchev–Trinajstić information content (AvgIpc) is 2.74. The topological polar surface area (TPSA) is 54.5 Å². The van der Waals surface area contributed by atoms with Gasteiger partial charge in [-0.15, -0.1) is 0 Å². The van der Waals surface area contributed by atoms with Crippen LogP contribution in [0, 0.1) is 0 Å². The first-order valence-electron chi connectivity index (χ1n) is 5.77. The van der Waals surface area contributed by atoms with Gasteiger partial charge in [-0.2, -0.15) is 0 Å². The van der Waals surface area contributed by atoms with E-state index in [1.54, 1.807) is 4.90 Å². The molecule has 0 saturated carbocycles. The van der Waals surface area contributed by atoms with Crippen molar-refractivity contribution in [2.75, 3.05) is 11.5 Å². The molecule has 0 bridgehead atoms. The van der Waals surface area contributed by atoms with E-state index in [9.17, 15) is 13.2 Å². The Kier molecular flexibility index (Phi) is 2.86. The van der Waals surface area contributed by atoms with Crippen molar-refractivity contribution in [1.82, 2.24) is 4.90 Å². The molecule has 0 radical (unpaired) electrons. The molecule has 2 heterocycles. The normalized spacial score (nSPS) is 29.6. The molecule has 6 heteroatoms. The number of sulfone groups is 1. The Labute approximate surface area is 110 Å². The number of carbonyl (C=O) groups is 1. The van der Waals surface area contributed by atoms with Gasteiger partial charge in [0.1, 0.15) is 0 Å². The second-order valence-corrected chi connectivity index (χ2v) is 8.02. The summed E-state index contributed by atoms with van der Waals surface area (Å²) in [4.78, 5) is 13.6. The molecule has 96 valence electrons. The second kappa shape index (κ2) is 4.28. The molecule has 1 aromatic rings. The van der Waals surface area contributed by atoms with Crippen LogP contribution in [-0.2, 0) is 16.4 Å². The van der Waals surface area contributed by atoms with Gasteiger partial charge in [0.2, 0.25) is 0 Å². The SMILES string of the molecule is O=C1S[C@@H]2CS(=O)(=O)C[C@H]2N1Cc1ccccc1.